The Balaban J connectivity index is 2.10. The van der Waals surface area contributed by atoms with Crippen LogP contribution in [0.1, 0.15) is 39.0 Å². The average molecular weight is 245 g/mol. The fourth-order valence-electron chi connectivity index (χ4n) is 2.25. The van der Waals surface area contributed by atoms with Crippen LogP contribution in [0.25, 0.3) is 0 Å². The van der Waals surface area contributed by atoms with Crippen molar-refractivity contribution in [3.8, 4) is 5.75 Å². The van der Waals surface area contributed by atoms with E-state index >= 15 is 0 Å². The van der Waals surface area contributed by atoms with Crippen LogP contribution in [0.15, 0.2) is 23.6 Å². The highest BCUT2D eigenvalue weighted by Gasteiger charge is 2.32. The molecular weight excluding hydrogens is 234 g/mol. The van der Waals surface area contributed by atoms with Crippen LogP contribution in [0.5, 0.6) is 5.75 Å². The zero-order valence-electron chi connectivity index (χ0n) is 9.30. The second kappa shape index (κ2) is 3.67. The molecular formula is C13H11NO2S. The molecule has 0 bridgehead atoms. The van der Waals surface area contributed by atoms with E-state index in [2.05, 4.69) is 4.98 Å². The summed E-state index contributed by atoms with van der Waals surface area (Å²) in [5, 5.41) is 12.4. The van der Waals surface area contributed by atoms with Gasteiger partial charge in [-0.25, -0.2) is 4.98 Å². The van der Waals surface area contributed by atoms with Crippen LogP contribution in [0.3, 0.4) is 0 Å². The predicted octanol–water partition coefficient (Wildman–Crippen LogP) is 2.88. The number of fused-ring (bicyclic) bond motifs is 1. The van der Waals surface area contributed by atoms with Crippen molar-refractivity contribution in [2.45, 2.75) is 19.3 Å². The fourth-order valence-corrected chi connectivity index (χ4v) is 3.16. The number of carbonyl (C=O) groups is 1. The highest BCUT2D eigenvalue weighted by Crippen LogP contribution is 2.40. The summed E-state index contributed by atoms with van der Waals surface area (Å²) >= 11 is 1.59. The molecule has 0 fully saturated rings. The van der Waals surface area contributed by atoms with Gasteiger partial charge >= 0.3 is 0 Å². The summed E-state index contributed by atoms with van der Waals surface area (Å²) in [6, 6.07) is 5.01. The van der Waals surface area contributed by atoms with E-state index in [0.717, 1.165) is 16.3 Å². The SMILES string of the molecule is Cc1csc(C2CC(=O)c3cc(O)ccc32)n1. The van der Waals surface area contributed by atoms with Gasteiger partial charge in [-0.2, -0.15) is 0 Å². The Labute approximate surface area is 103 Å². The Hall–Kier alpha value is -1.68. The maximum Gasteiger partial charge on any atom is 0.164 e. The van der Waals surface area contributed by atoms with E-state index in [-0.39, 0.29) is 17.5 Å². The van der Waals surface area contributed by atoms with E-state index < -0.39 is 0 Å². The summed E-state index contributed by atoms with van der Waals surface area (Å²) in [7, 11) is 0. The van der Waals surface area contributed by atoms with E-state index in [1.165, 1.54) is 0 Å². The highest BCUT2D eigenvalue weighted by atomic mass is 32.1. The van der Waals surface area contributed by atoms with Gasteiger partial charge in [0.15, 0.2) is 5.78 Å². The molecule has 1 unspecified atom stereocenters. The molecule has 0 amide bonds. The van der Waals surface area contributed by atoms with E-state index in [0.29, 0.717) is 12.0 Å². The zero-order valence-corrected chi connectivity index (χ0v) is 10.1. The molecule has 0 spiro atoms. The number of aromatic nitrogens is 1. The number of ketones is 1. The smallest absolute Gasteiger partial charge is 0.164 e. The van der Waals surface area contributed by atoms with Gasteiger partial charge in [0, 0.05) is 29.0 Å². The maximum atomic E-state index is 11.9. The first-order chi connectivity index (χ1) is 8.15. The lowest BCUT2D eigenvalue weighted by Crippen LogP contribution is -1.96. The summed E-state index contributed by atoms with van der Waals surface area (Å²) in [5.74, 6) is 0.304. The molecule has 3 rings (SSSR count). The lowest BCUT2D eigenvalue weighted by Gasteiger charge is -2.06. The number of phenols is 1. The normalized spacial score (nSPS) is 18.4. The molecule has 1 aromatic carbocycles. The van der Waals surface area contributed by atoms with Crippen LogP contribution < -0.4 is 0 Å². The molecule has 17 heavy (non-hydrogen) atoms. The zero-order chi connectivity index (χ0) is 12.0. The third kappa shape index (κ3) is 1.65. The van der Waals surface area contributed by atoms with E-state index in [4.69, 9.17) is 0 Å². The molecule has 4 heteroatoms. The van der Waals surface area contributed by atoms with Crippen LogP contribution in [-0.2, 0) is 0 Å². The topological polar surface area (TPSA) is 50.2 Å². The lowest BCUT2D eigenvalue weighted by atomic mass is 10.0. The monoisotopic (exact) mass is 245 g/mol. The first-order valence-electron chi connectivity index (χ1n) is 5.43. The molecule has 3 nitrogen and oxygen atoms in total. The molecule has 1 heterocycles. The van der Waals surface area contributed by atoms with Gasteiger partial charge in [-0.05, 0) is 24.6 Å². The number of hydrogen-bond acceptors (Lipinski definition) is 4. The minimum atomic E-state index is 0.0665. The number of phenolic OH excluding ortho intramolecular Hbond substituents is 1. The number of hydrogen-bond donors (Lipinski definition) is 1. The third-order valence-corrected chi connectivity index (χ3v) is 4.11. The summed E-state index contributed by atoms with van der Waals surface area (Å²) in [5.41, 5.74) is 2.62. The largest absolute Gasteiger partial charge is 0.508 e. The van der Waals surface area contributed by atoms with E-state index in [1.54, 1.807) is 23.5 Å². The van der Waals surface area contributed by atoms with Crippen LogP contribution in [-0.4, -0.2) is 15.9 Å². The van der Waals surface area contributed by atoms with Crippen LogP contribution in [0, 0.1) is 6.92 Å². The van der Waals surface area contributed by atoms with Gasteiger partial charge in [0.1, 0.15) is 10.8 Å². The highest BCUT2D eigenvalue weighted by molar-refractivity contribution is 7.09. The van der Waals surface area contributed by atoms with Crippen LogP contribution in [0.2, 0.25) is 0 Å². The van der Waals surface area contributed by atoms with Gasteiger partial charge in [-0.1, -0.05) is 6.07 Å². The van der Waals surface area contributed by atoms with Crippen molar-refractivity contribution in [3.63, 3.8) is 0 Å². The number of aromatic hydroxyl groups is 1. The molecule has 86 valence electrons. The van der Waals surface area contributed by atoms with Gasteiger partial charge in [-0.15, -0.1) is 11.3 Å². The van der Waals surface area contributed by atoms with Crippen molar-refractivity contribution in [1.82, 2.24) is 4.98 Å². The number of nitrogens with zero attached hydrogens (tertiary/aromatic N) is 1. The van der Waals surface area contributed by atoms with Gasteiger partial charge < -0.3 is 5.11 Å². The summed E-state index contributed by atoms with van der Waals surface area (Å²) < 4.78 is 0. The standard InChI is InChI=1S/C13H11NO2S/c1-7-6-17-13(14-7)11-5-12(16)10-4-8(15)2-3-9(10)11/h2-4,6,11,15H,5H2,1H3. The molecule has 0 aliphatic heterocycles. The molecule has 2 aromatic rings. The van der Waals surface area contributed by atoms with Crippen LogP contribution >= 0.6 is 11.3 Å². The number of carbonyl (C=O) groups excluding carboxylic acids is 1. The van der Waals surface area contributed by atoms with Crippen molar-refractivity contribution in [2.24, 2.45) is 0 Å². The number of Topliss-reactive ketones (excluding diaryl/α,β-unsaturated/α-hetero) is 1. The summed E-state index contributed by atoms with van der Waals surface area (Å²) in [4.78, 5) is 16.3. The fraction of sp³-hybridized carbons (Fsp3) is 0.231. The first-order valence-corrected chi connectivity index (χ1v) is 6.31. The van der Waals surface area contributed by atoms with Crippen molar-refractivity contribution < 1.29 is 9.90 Å². The summed E-state index contributed by atoms with van der Waals surface area (Å²) in [6.07, 6.45) is 0.464. The van der Waals surface area contributed by atoms with Crippen molar-refractivity contribution in [2.75, 3.05) is 0 Å². The lowest BCUT2D eigenvalue weighted by molar-refractivity contribution is 0.0991. The Morgan fingerprint density at radius 1 is 1.47 bits per heavy atom. The number of aryl methyl sites for hydroxylation is 1. The van der Waals surface area contributed by atoms with Gasteiger partial charge in [0.05, 0.1) is 0 Å². The molecule has 1 aliphatic carbocycles. The second-order valence-corrected chi connectivity index (χ2v) is 5.17. The molecule has 1 atom stereocenters. The molecule has 1 aliphatic rings. The summed E-state index contributed by atoms with van der Waals surface area (Å²) in [6.45, 7) is 1.95. The third-order valence-electron chi connectivity index (χ3n) is 3.04. The predicted molar refractivity (Wildman–Crippen MR) is 65.7 cm³/mol. The Kier molecular flexibility index (Phi) is 2.26. The van der Waals surface area contributed by atoms with Gasteiger partial charge in [-0.3, -0.25) is 4.79 Å². The molecule has 0 saturated carbocycles. The molecule has 0 saturated heterocycles. The second-order valence-electron chi connectivity index (χ2n) is 4.28. The van der Waals surface area contributed by atoms with Crippen molar-refractivity contribution in [1.29, 1.82) is 0 Å². The Bertz CT molecular complexity index is 603. The minimum Gasteiger partial charge on any atom is -0.508 e. The van der Waals surface area contributed by atoms with Crippen molar-refractivity contribution >= 4 is 17.1 Å². The van der Waals surface area contributed by atoms with E-state index in [1.807, 2.05) is 18.4 Å². The van der Waals surface area contributed by atoms with Gasteiger partial charge in [0.2, 0.25) is 0 Å². The minimum absolute atomic E-state index is 0.0665. The van der Waals surface area contributed by atoms with Crippen LogP contribution in [0.4, 0.5) is 0 Å². The number of benzene rings is 1. The van der Waals surface area contributed by atoms with E-state index in [9.17, 15) is 9.90 Å². The maximum absolute atomic E-state index is 11.9. The Morgan fingerprint density at radius 2 is 2.29 bits per heavy atom. The quantitative estimate of drug-likeness (QED) is 0.840. The number of rotatable bonds is 1. The molecule has 1 aromatic heterocycles. The number of thiazole rings is 1. The van der Waals surface area contributed by atoms with Gasteiger partial charge in [0.25, 0.3) is 0 Å². The first kappa shape index (κ1) is 10.5. The Morgan fingerprint density at radius 3 is 3.00 bits per heavy atom. The van der Waals surface area contributed by atoms with Crippen molar-refractivity contribution in [3.05, 3.63) is 45.4 Å². The average Bonchev–Trinajstić information content (AvgIpc) is 2.84. The molecule has 1 N–H and O–H groups in total. The molecule has 0 radical (unpaired) electrons.